The van der Waals surface area contributed by atoms with E-state index in [0.29, 0.717) is 0 Å². The van der Waals surface area contributed by atoms with E-state index in [9.17, 15) is 4.79 Å². The van der Waals surface area contributed by atoms with Crippen LogP contribution in [0.4, 0.5) is 0 Å². The first-order chi connectivity index (χ1) is 4.70. The average Bonchev–Trinajstić information content (AvgIpc) is 1.88. The molecule has 0 aliphatic rings. The number of aromatic nitrogens is 1. The van der Waals surface area contributed by atoms with E-state index < -0.39 is 6.10 Å². The van der Waals surface area contributed by atoms with E-state index in [1.54, 1.807) is 13.0 Å². The Hall–Kier alpha value is -1.09. The van der Waals surface area contributed by atoms with Gasteiger partial charge in [-0.2, -0.15) is 0 Å². The Labute approximate surface area is 58.3 Å². The van der Waals surface area contributed by atoms with Gasteiger partial charge in [0.1, 0.15) is 0 Å². The Kier molecular flexibility index (Phi) is 1.87. The summed E-state index contributed by atoms with van der Waals surface area (Å²) in [6.07, 6.45) is 0.990. The van der Waals surface area contributed by atoms with Crippen LogP contribution in [0.3, 0.4) is 0 Å². The largest absolute Gasteiger partial charge is 0.389 e. The molecule has 1 aromatic heterocycles. The molecule has 1 atom stereocenters. The van der Waals surface area contributed by atoms with E-state index >= 15 is 0 Å². The lowest BCUT2D eigenvalue weighted by molar-refractivity contribution is 0.199. The van der Waals surface area contributed by atoms with Gasteiger partial charge >= 0.3 is 0 Å². The second-order valence-electron chi connectivity index (χ2n) is 2.16. The lowest BCUT2D eigenvalue weighted by atomic mass is 10.2. The van der Waals surface area contributed by atoms with E-state index in [1.165, 1.54) is 12.3 Å². The third-order valence-corrected chi connectivity index (χ3v) is 1.29. The Bertz CT molecular complexity index is 244. The molecule has 0 fully saturated rings. The van der Waals surface area contributed by atoms with Crippen LogP contribution in [0.5, 0.6) is 0 Å². The van der Waals surface area contributed by atoms with Gasteiger partial charge in [-0.25, -0.2) is 0 Å². The van der Waals surface area contributed by atoms with Crippen LogP contribution < -0.4 is 5.56 Å². The van der Waals surface area contributed by atoms with Gasteiger partial charge in [-0.1, -0.05) is 0 Å². The van der Waals surface area contributed by atoms with Crippen molar-refractivity contribution in [2.24, 2.45) is 0 Å². The zero-order chi connectivity index (χ0) is 7.56. The molecule has 3 heteroatoms. The standard InChI is InChI=1S/C7H9NO2/c1-5(9)6-2-3-7(10)8-4-6/h2-5,9H,1H3,(H,8,10)/t5-/m1/s1. The highest BCUT2D eigenvalue weighted by molar-refractivity contribution is 5.10. The summed E-state index contributed by atoms with van der Waals surface area (Å²) in [5, 5.41) is 8.99. The van der Waals surface area contributed by atoms with Gasteiger partial charge in [-0.3, -0.25) is 4.79 Å². The molecule has 1 heterocycles. The maximum atomic E-state index is 10.5. The molecule has 0 amide bonds. The van der Waals surface area contributed by atoms with Crippen LogP contribution in [0.15, 0.2) is 23.1 Å². The van der Waals surface area contributed by atoms with Crippen LogP contribution in [0.1, 0.15) is 18.6 Å². The molecule has 0 aliphatic carbocycles. The summed E-state index contributed by atoms with van der Waals surface area (Å²) in [7, 11) is 0. The molecule has 54 valence electrons. The monoisotopic (exact) mass is 139 g/mol. The minimum atomic E-state index is -0.517. The van der Waals surface area contributed by atoms with Gasteiger partial charge < -0.3 is 10.1 Å². The fourth-order valence-electron chi connectivity index (χ4n) is 0.682. The summed E-state index contributed by atoms with van der Waals surface area (Å²) in [5.74, 6) is 0. The van der Waals surface area contributed by atoms with Gasteiger partial charge in [0, 0.05) is 12.3 Å². The molecule has 0 unspecified atom stereocenters. The second-order valence-corrected chi connectivity index (χ2v) is 2.16. The molecular formula is C7H9NO2. The van der Waals surface area contributed by atoms with Crippen molar-refractivity contribution in [3.8, 4) is 0 Å². The molecule has 10 heavy (non-hydrogen) atoms. The normalized spacial score (nSPS) is 13.0. The average molecular weight is 139 g/mol. The van der Waals surface area contributed by atoms with Crippen molar-refractivity contribution in [3.63, 3.8) is 0 Å². The number of hydrogen-bond acceptors (Lipinski definition) is 2. The lowest BCUT2D eigenvalue weighted by Gasteiger charge is -2.00. The summed E-state index contributed by atoms with van der Waals surface area (Å²) in [5.41, 5.74) is 0.573. The molecule has 0 aromatic carbocycles. The van der Waals surface area contributed by atoms with E-state index in [2.05, 4.69) is 4.98 Å². The van der Waals surface area contributed by atoms with E-state index in [0.717, 1.165) is 5.56 Å². The number of nitrogens with one attached hydrogen (secondary N) is 1. The van der Waals surface area contributed by atoms with Gasteiger partial charge in [-0.05, 0) is 18.6 Å². The highest BCUT2D eigenvalue weighted by Crippen LogP contribution is 2.06. The summed E-state index contributed by atoms with van der Waals surface area (Å²) in [4.78, 5) is 13.0. The minimum absolute atomic E-state index is 0.149. The van der Waals surface area contributed by atoms with Gasteiger partial charge in [0.05, 0.1) is 6.10 Å². The molecule has 1 aromatic rings. The van der Waals surface area contributed by atoms with Crippen molar-refractivity contribution in [1.82, 2.24) is 4.98 Å². The molecule has 0 bridgehead atoms. The molecule has 0 saturated heterocycles. The van der Waals surface area contributed by atoms with Gasteiger partial charge in [-0.15, -0.1) is 0 Å². The maximum absolute atomic E-state index is 10.5. The van der Waals surface area contributed by atoms with Crippen molar-refractivity contribution in [3.05, 3.63) is 34.2 Å². The van der Waals surface area contributed by atoms with Crippen LogP contribution in [0.2, 0.25) is 0 Å². The topological polar surface area (TPSA) is 53.1 Å². The molecule has 0 spiro atoms. The Morgan fingerprint density at radius 3 is 2.70 bits per heavy atom. The first-order valence-electron chi connectivity index (χ1n) is 3.07. The number of aliphatic hydroxyl groups is 1. The number of pyridine rings is 1. The van der Waals surface area contributed by atoms with Crippen molar-refractivity contribution in [2.75, 3.05) is 0 Å². The molecule has 0 radical (unpaired) electrons. The summed E-state index contributed by atoms with van der Waals surface area (Å²) >= 11 is 0. The molecule has 0 saturated carbocycles. The van der Waals surface area contributed by atoms with Crippen molar-refractivity contribution < 1.29 is 5.11 Å². The third-order valence-electron chi connectivity index (χ3n) is 1.29. The van der Waals surface area contributed by atoms with Crippen LogP contribution in [0.25, 0.3) is 0 Å². The minimum Gasteiger partial charge on any atom is -0.389 e. The molecule has 2 N–H and O–H groups in total. The lowest BCUT2D eigenvalue weighted by Crippen LogP contribution is -2.04. The van der Waals surface area contributed by atoms with Crippen molar-refractivity contribution in [2.45, 2.75) is 13.0 Å². The third kappa shape index (κ3) is 1.45. The van der Waals surface area contributed by atoms with E-state index in [1.807, 2.05) is 0 Å². The smallest absolute Gasteiger partial charge is 0.247 e. The molecule has 0 aliphatic heterocycles. The Balaban J connectivity index is 3.00. The number of H-pyrrole nitrogens is 1. The quantitative estimate of drug-likeness (QED) is 0.592. The highest BCUT2D eigenvalue weighted by atomic mass is 16.3. The summed E-state index contributed by atoms with van der Waals surface area (Å²) < 4.78 is 0. The Morgan fingerprint density at radius 2 is 2.30 bits per heavy atom. The van der Waals surface area contributed by atoms with Crippen LogP contribution >= 0.6 is 0 Å². The second kappa shape index (κ2) is 2.66. The van der Waals surface area contributed by atoms with E-state index in [-0.39, 0.29) is 5.56 Å². The first-order valence-corrected chi connectivity index (χ1v) is 3.07. The zero-order valence-corrected chi connectivity index (χ0v) is 5.66. The van der Waals surface area contributed by atoms with Crippen LogP contribution in [-0.2, 0) is 0 Å². The Morgan fingerprint density at radius 1 is 1.60 bits per heavy atom. The van der Waals surface area contributed by atoms with Gasteiger partial charge in [0.2, 0.25) is 5.56 Å². The zero-order valence-electron chi connectivity index (χ0n) is 5.66. The van der Waals surface area contributed by atoms with Crippen molar-refractivity contribution in [1.29, 1.82) is 0 Å². The summed E-state index contributed by atoms with van der Waals surface area (Å²) in [6, 6.07) is 2.99. The summed E-state index contributed by atoms with van der Waals surface area (Å²) in [6.45, 7) is 1.65. The van der Waals surface area contributed by atoms with Gasteiger partial charge in [0.15, 0.2) is 0 Å². The van der Waals surface area contributed by atoms with Crippen LogP contribution in [0, 0.1) is 0 Å². The molecular weight excluding hydrogens is 130 g/mol. The molecule has 3 nitrogen and oxygen atoms in total. The molecule has 1 rings (SSSR count). The number of aromatic amines is 1. The van der Waals surface area contributed by atoms with Crippen LogP contribution in [-0.4, -0.2) is 10.1 Å². The number of aliphatic hydroxyl groups excluding tert-OH is 1. The van der Waals surface area contributed by atoms with E-state index in [4.69, 9.17) is 5.11 Å². The fourth-order valence-corrected chi connectivity index (χ4v) is 0.682. The first kappa shape index (κ1) is 7.02. The SMILES string of the molecule is C[C@@H](O)c1ccc(=O)[nH]c1. The number of hydrogen-bond donors (Lipinski definition) is 2. The van der Waals surface area contributed by atoms with Crippen molar-refractivity contribution >= 4 is 0 Å². The maximum Gasteiger partial charge on any atom is 0.247 e. The fraction of sp³-hybridized carbons (Fsp3) is 0.286. The predicted octanol–water partition coefficient (Wildman–Crippen LogP) is 0.428. The predicted molar refractivity (Wildman–Crippen MR) is 37.7 cm³/mol. The number of rotatable bonds is 1. The van der Waals surface area contributed by atoms with Gasteiger partial charge in [0.25, 0.3) is 0 Å². The highest BCUT2D eigenvalue weighted by Gasteiger charge is 1.97.